The van der Waals surface area contributed by atoms with Crippen molar-refractivity contribution in [3.05, 3.63) is 58.9 Å². The molecule has 0 spiro atoms. The van der Waals surface area contributed by atoms with E-state index in [0.717, 1.165) is 11.8 Å². The van der Waals surface area contributed by atoms with Gasteiger partial charge in [0.05, 0.1) is 11.4 Å². The van der Waals surface area contributed by atoms with Gasteiger partial charge in [-0.3, -0.25) is 4.79 Å². The number of aromatic nitrogens is 2. The zero-order valence-electron chi connectivity index (χ0n) is 13.6. The van der Waals surface area contributed by atoms with E-state index in [0.29, 0.717) is 9.47 Å². The van der Waals surface area contributed by atoms with Crippen molar-refractivity contribution in [1.29, 1.82) is 0 Å². The van der Waals surface area contributed by atoms with Gasteiger partial charge in [-0.1, -0.05) is 52.4 Å². The number of hydrogen-bond donors (Lipinski definition) is 2. The summed E-state index contributed by atoms with van der Waals surface area (Å²) >= 11 is 8.26. The van der Waals surface area contributed by atoms with E-state index in [-0.39, 0.29) is 22.4 Å². The van der Waals surface area contributed by atoms with Crippen LogP contribution in [0.1, 0.15) is 5.56 Å². The number of thioether (sulfide) groups is 1. The Kier molecular flexibility index (Phi) is 6.08. The standard InChI is InChI=1S/C17H14ClFN4OS2/c1-10-2-5-12(6-3-10)20-16-22-23-17(26-16)25-9-15(24)21-14-7-4-11(18)8-13(14)19/h2-8H,9H2,1H3,(H,20,22)(H,21,24). The maximum Gasteiger partial charge on any atom is 0.234 e. The first-order chi connectivity index (χ1) is 12.5. The van der Waals surface area contributed by atoms with Crippen LogP contribution in [-0.2, 0) is 4.79 Å². The zero-order valence-corrected chi connectivity index (χ0v) is 16.0. The maximum atomic E-state index is 13.7. The topological polar surface area (TPSA) is 66.9 Å². The molecule has 0 saturated carbocycles. The second-order valence-electron chi connectivity index (χ2n) is 5.33. The number of halogens is 2. The molecule has 134 valence electrons. The Morgan fingerprint density at radius 3 is 2.73 bits per heavy atom. The Labute approximate surface area is 163 Å². The highest BCUT2D eigenvalue weighted by Crippen LogP contribution is 2.28. The fourth-order valence-electron chi connectivity index (χ4n) is 1.98. The number of nitrogens with zero attached hydrogens (tertiary/aromatic N) is 2. The van der Waals surface area contributed by atoms with Crippen molar-refractivity contribution in [1.82, 2.24) is 10.2 Å². The Bertz CT molecular complexity index is 917. The van der Waals surface area contributed by atoms with Crippen LogP contribution in [-0.4, -0.2) is 21.9 Å². The van der Waals surface area contributed by atoms with Gasteiger partial charge in [0.25, 0.3) is 0 Å². The first kappa shape index (κ1) is 18.6. The number of benzene rings is 2. The summed E-state index contributed by atoms with van der Waals surface area (Å²) in [6.07, 6.45) is 0. The lowest BCUT2D eigenvalue weighted by molar-refractivity contribution is -0.113. The lowest BCUT2D eigenvalue weighted by atomic mass is 10.2. The molecule has 26 heavy (non-hydrogen) atoms. The van der Waals surface area contributed by atoms with E-state index in [1.54, 1.807) is 0 Å². The monoisotopic (exact) mass is 408 g/mol. The molecule has 0 aliphatic rings. The van der Waals surface area contributed by atoms with Gasteiger partial charge in [0.2, 0.25) is 11.0 Å². The van der Waals surface area contributed by atoms with E-state index in [4.69, 9.17) is 11.6 Å². The summed E-state index contributed by atoms with van der Waals surface area (Å²) in [5.74, 6) is -0.808. The van der Waals surface area contributed by atoms with Gasteiger partial charge in [-0.05, 0) is 37.3 Å². The fourth-order valence-corrected chi connectivity index (χ4v) is 3.71. The lowest BCUT2D eigenvalue weighted by Crippen LogP contribution is -2.14. The van der Waals surface area contributed by atoms with Gasteiger partial charge in [-0.2, -0.15) is 0 Å². The normalized spacial score (nSPS) is 10.6. The van der Waals surface area contributed by atoms with Crippen molar-refractivity contribution in [3.8, 4) is 0 Å². The number of anilines is 3. The van der Waals surface area contributed by atoms with Gasteiger partial charge in [0, 0.05) is 10.7 Å². The molecule has 0 saturated heterocycles. The molecular weight excluding hydrogens is 395 g/mol. The van der Waals surface area contributed by atoms with Crippen LogP contribution >= 0.6 is 34.7 Å². The summed E-state index contributed by atoms with van der Waals surface area (Å²) in [5.41, 5.74) is 2.19. The van der Waals surface area contributed by atoms with Crippen LogP contribution in [0.5, 0.6) is 0 Å². The van der Waals surface area contributed by atoms with Crippen molar-refractivity contribution in [3.63, 3.8) is 0 Å². The minimum atomic E-state index is -0.573. The second-order valence-corrected chi connectivity index (χ2v) is 7.96. The number of carbonyl (C=O) groups excluding carboxylic acids is 1. The summed E-state index contributed by atoms with van der Waals surface area (Å²) in [6, 6.07) is 12.0. The highest BCUT2D eigenvalue weighted by molar-refractivity contribution is 8.01. The van der Waals surface area contributed by atoms with Gasteiger partial charge < -0.3 is 10.6 Å². The molecule has 0 radical (unpaired) electrons. The maximum absolute atomic E-state index is 13.7. The molecule has 0 unspecified atom stereocenters. The minimum Gasteiger partial charge on any atom is -0.330 e. The summed E-state index contributed by atoms with van der Waals surface area (Å²) in [7, 11) is 0. The van der Waals surface area contributed by atoms with Crippen LogP contribution in [0.3, 0.4) is 0 Å². The fraction of sp³-hybridized carbons (Fsp3) is 0.118. The minimum absolute atomic E-state index is 0.0963. The summed E-state index contributed by atoms with van der Waals surface area (Å²) in [5, 5.41) is 14.7. The molecule has 1 amide bonds. The van der Waals surface area contributed by atoms with Crippen LogP contribution in [0, 0.1) is 12.7 Å². The van der Waals surface area contributed by atoms with E-state index in [1.807, 2.05) is 31.2 Å². The van der Waals surface area contributed by atoms with Crippen molar-refractivity contribution >= 4 is 57.1 Å². The highest BCUT2D eigenvalue weighted by atomic mass is 35.5. The smallest absolute Gasteiger partial charge is 0.234 e. The third kappa shape index (κ3) is 5.17. The molecule has 3 rings (SSSR count). The van der Waals surface area contributed by atoms with Crippen LogP contribution in [0.2, 0.25) is 5.02 Å². The largest absolute Gasteiger partial charge is 0.330 e. The molecule has 1 aromatic heterocycles. The Hall–Kier alpha value is -2.16. The average Bonchev–Trinajstić information content (AvgIpc) is 3.05. The summed E-state index contributed by atoms with van der Waals surface area (Å²) in [4.78, 5) is 12.0. The van der Waals surface area contributed by atoms with E-state index in [9.17, 15) is 9.18 Å². The molecule has 5 nitrogen and oxygen atoms in total. The number of nitrogens with one attached hydrogen (secondary N) is 2. The van der Waals surface area contributed by atoms with E-state index >= 15 is 0 Å². The number of amides is 1. The molecule has 0 aliphatic carbocycles. The van der Waals surface area contributed by atoms with E-state index in [1.165, 1.54) is 40.8 Å². The van der Waals surface area contributed by atoms with Crippen LogP contribution in [0.15, 0.2) is 46.8 Å². The van der Waals surface area contributed by atoms with Crippen molar-refractivity contribution in [2.45, 2.75) is 11.3 Å². The van der Waals surface area contributed by atoms with Gasteiger partial charge in [-0.15, -0.1) is 10.2 Å². The van der Waals surface area contributed by atoms with E-state index in [2.05, 4.69) is 20.8 Å². The predicted octanol–water partition coefficient (Wildman–Crippen LogP) is 5.11. The van der Waals surface area contributed by atoms with Gasteiger partial charge in [0.1, 0.15) is 5.82 Å². The van der Waals surface area contributed by atoms with Crippen molar-refractivity contribution in [2.24, 2.45) is 0 Å². The average molecular weight is 409 g/mol. The van der Waals surface area contributed by atoms with Gasteiger partial charge in [-0.25, -0.2) is 4.39 Å². The predicted molar refractivity (Wildman–Crippen MR) is 105 cm³/mol. The van der Waals surface area contributed by atoms with Gasteiger partial charge in [0.15, 0.2) is 4.34 Å². The molecule has 0 aliphatic heterocycles. The number of hydrogen-bond acceptors (Lipinski definition) is 6. The quantitative estimate of drug-likeness (QED) is 0.554. The third-order valence-electron chi connectivity index (χ3n) is 3.24. The number of carbonyl (C=O) groups is 1. The molecule has 9 heteroatoms. The SMILES string of the molecule is Cc1ccc(Nc2nnc(SCC(=O)Nc3ccc(Cl)cc3F)s2)cc1. The molecule has 3 aromatic rings. The number of rotatable bonds is 6. The Morgan fingerprint density at radius 2 is 2.00 bits per heavy atom. The molecular formula is C17H14ClFN4OS2. The van der Waals surface area contributed by atoms with Crippen LogP contribution < -0.4 is 10.6 Å². The summed E-state index contributed by atoms with van der Waals surface area (Å²) in [6.45, 7) is 2.02. The van der Waals surface area contributed by atoms with E-state index < -0.39 is 5.82 Å². The highest BCUT2D eigenvalue weighted by Gasteiger charge is 2.11. The van der Waals surface area contributed by atoms with Crippen LogP contribution in [0.25, 0.3) is 0 Å². The second kappa shape index (κ2) is 8.48. The van der Waals surface area contributed by atoms with Gasteiger partial charge >= 0.3 is 0 Å². The molecule has 0 fully saturated rings. The molecule has 2 aromatic carbocycles. The van der Waals surface area contributed by atoms with Crippen LogP contribution in [0.4, 0.5) is 20.9 Å². The zero-order chi connectivity index (χ0) is 18.5. The van der Waals surface area contributed by atoms with Crippen molar-refractivity contribution in [2.75, 3.05) is 16.4 Å². The molecule has 1 heterocycles. The first-order valence-corrected chi connectivity index (χ1v) is 9.72. The lowest BCUT2D eigenvalue weighted by Gasteiger charge is -2.05. The molecule has 2 N–H and O–H groups in total. The summed E-state index contributed by atoms with van der Waals surface area (Å²) < 4.78 is 14.3. The molecule has 0 bridgehead atoms. The Balaban J connectivity index is 1.52. The first-order valence-electron chi connectivity index (χ1n) is 7.54. The third-order valence-corrected chi connectivity index (χ3v) is 5.45. The van der Waals surface area contributed by atoms with Crippen molar-refractivity contribution < 1.29 is 9.18 Å². The Morgan fingerprint density at radius 1 is 1.23 bits per heavy atom. The molecule has 0 atom stereocenters. The number of aryl methyl sites for hydroxylation is 1.